The quantitative estimate of drug-likeness (QED) is 0.211. The lowest BCUT2D eigenvalue weighted by Gasteiger charge is -2.20. The normalized spacial score (nSPS) is 12.2. The van der Waals surface area contributed by atoms with Gasteiger partial charge in [-0.3, -0.25) is 0 Å². The highest BCUT2D eigenvalue weighted by atomic mass is 32.1. The Hall–Kier alpha value is -3.94. The molecule has 1 aromatic heterocycles. The molecule has 0 aliphatic rings. The van der Waals surface area contributed by atoms with Crippen molar-refractivity contribution in [3.63, 3.8) is 0 Å². The summed E-state index contributed by atoms with van der Waals surface area (Å²) >= 11 is 1.89. The van der Waals surface area contributed by atoms with Gasteiger partial charge in [0.1, 0.15) is 0 Å². The fraction of sp³-hybridized carbons (Fsp3) is 0.111. The smallest absolute Gasteiger partial charge is 0.0433 e. The highest BCUT2D eigenvalue weighted by Crippen LogP contribution is 2.41. The van der Waals surface area contributed by atoms with Crippen LogP contribution in [0.3, 0.4) is 0 Å². The van der Waals surface area contributed by atoms with Crippen LogP contribution in [0.2, 0.25) is 0 Å². The minimum absolute atomic E-state index is 0.126. The van der Waals surface area contributed by atoms with Gasteiger partial charge in [0.05, 0.1) is 0 Å². The van der Waals surface area contributed by atoms with Crippen LogP contribution in [0.25, 0.3) is 64.0 Å². The van der Waals surface area contributed by atoms with E-state index in [4.69, 9.17) is 0 Å². The van der Waals surface area contributed by atoms with Crippen molar-refractivity contribution in [3.8, 4) is 22.3 Å². The minimum Gasteiger partial charge on any atom is -0.135 e. The molecule has 0 saturated carbocycles. The van der Waals surface area contributed by atoms with Crippen molar-refractivity contribution < 1.29 is 0 Å². The SMILES string of the molecule is CC(C)(C)c1ccc2cc(-c3ccc(-c4cccc5c4sc4ccccc45)cc3)c3ccccc3c2c1. The summed E-state index contributed by atoms with van der Waals surface area (Å²) in [6, 6.07) is 42.7. The van der Waals surface area contributed by atoms with Crippen molar-refractivity contribution in [2.24, 2.45) is 0 Å². The second-order valence-corrected chi connectivity index (χ2v) is 12.1. The van der Waals surface area contributed by atoms with Crippen molar-refractivity contribution in [1.82, 2.24) is 0 Å². The molecule has 1 heteroatoms. The van der Waals surface area contributed by atoms with Gasteiger partial charge < -0.3 is 0 Å². The summed E-state index contributed by atoms with van der Waals surface area (Å²) < 4.78 is 2.71. The zero-order valence-electron chi connectivity index (χ0n) is 21.4. The Labute approximate surface area is 221 Å². The predicted octanol–water partition coefficient (Wildman–Crippen LogP) is 11.0. The third kappa shape index (κ3) is 3.65. The highest BCUT2D eigenvalue weighted by Gasteiger charge is 2.16. The van der Waals surface area contributed by atoms with Crippen LogP contribution in [-0.4, -0.2) is 0 Å². The number of hydrogen-bond donors (Lipinski definition) is 0. The Bertz CT molecular complexity index is 1950. The Balaban J connectivity index is 1.38. The summed E-state index contributed by atoms with van der Waals surface area (Å²) in [4.78, 5) is 0. The third-order valence-electron chi connectivity index (χ3n) is 7.64. The standard InChI is InChI=1S/C36H28S/c1-36(2,3)26-20-19-25-21-32(28-9-4-5-10-29(28)33(25)22-26)24-17-15-23(16-18-24)27-12-8-13-31-30-11-6-7-14-34(30)37-35(27)31/h4-22H,1-3H3. The molecule has 7 aromatic rings. The van der Waals surface area contributed by atoms with Crippen molar-refractivity contribution in [2.75, 3.05) is 0 Å². The zero-order valence-corrected chi connectivity index (χ0v) is 22.2. The first kappa shape index (κ1) is 22.3. The number of thiophene rings is 1. The average Bonchev–Trinajstić information content (AvgIpc) is 3.31. The Kier molecular flexibility index (Phi) is 4.99. The fourth-order valence-electron chi connectivity index (χ4n) is 5.61. The van der Waals surface area contributed by atoms with E-state index in [2.05, 4.69) is 136 Å². The zero-order chi connectivity index (χ0) is 25.1. The molecule has 0 spiro atoms. The molecule has 0 amide bonds. The van der Waals surface area contributed by atoms with E-state index >= 15 is 0 Å². The van der Waals surface area contributed by atoms with Crippen LogP contribution in [0.1, 0.15) is 26.3 Å². The molecule has 0 radical (unpaired) electrons. The lowest BCUT2D eigenvalue weighted by Crippen LogP contribution is -2.10. The molecule has 37 heavy (non-hydrogen) atoms. The van der Waals surface area contributed by atoms with Gasteiger partial charge in [-0.25, -0.2) is 0 Å². The van der Waals surface area contributed by atoms with Crippen molar-refractivity contribution in [2.45, 2.75) is 26.2 Å². The van der Waals surface area contributed by atoms with E-state index < -0.39 is 0 Å². The number of hydrogen-bond acceptors (Lipinski definition) is 1. The topological polar surface area (TPSA) is 0 Å². The predicted molar refractivity (Wildman–Crippen MR) is 164 cm³/mol. The first-order valence-electron chi connectivity index (χ1n) is 12.9. The molecular formula is C36H28S. The van der Waals surface area contributed by atoms with E-state index in [-0.39, 0.29) is 5.41 Å². The maximum absolute atomic E-state index is 2.39. The van der Waals surface area contributed by atoms with Crippen LogP contribution in [-0.2, 0) is 5.41 Å². The largest absolute Gasteiger partial charge is 0.135 e. The van der Waals surface area contributed by atoms with E-state index in [9.17, 15) is 0 Å². The number of fused-ring (bicyclic) bond motifs is 6. The molecule has 0 atom stereocenters. The van der Waals surface area contributed by atoms with Gasteiger partial charge in [0.2, 0.25) is 0 Å². The summed E-state index contributed by atoms with van der Waals surface area (Å²) in [7, 11) is 0. The van der Waals surface area contributed by atoms with E-state index in [0.717, 1.165) is 0 Å². The molecule has 0 unspecified atom stereocenters. The molecular weight excluding hydrogens is 464 g/mol. The second-order valence-electron chi connectivity index (χ2n) is 11.0. The molecule has 0 saturated heterocycles. The Morgan fingerprint density at radius 2 is 1.14 bits per heavy atom. The molecule has 0 nitrogen and oxygen atoms in total. The molecule has 0 aliphatic heterocycles. The maximum atomic E-state index is 2.39. The molecule has 0 N–H and O–H groups in total. The number of rotatable bonds is 2. The van der Waals surface area contributed by atoms with E-state index in [0.29, 0.717) is 0 Å². The maximum Gasteiger partial charge on any atom is 0.0433 e. The van der Waals surface area contributed by atoms with Gasteiger partial charge in [0, 0.05) is 20.2 Å². The average molecular weight is 493 g/mol. The van der Waals surface area contributed by atoms with Crippen molar-refractivity contribution in [3.05, 3.63) is 121 Å². The van der Waals surface area contributed by atoms with Gasteiger partial charge in [-0.2, -0.15) is 0 Å². The monoisotopic (exact) mass is 492 g/mol. The van der Waals surface area contributed by atoms with Gasteiger partial charge >= 0.3 is 0 Å². The van der Waals surface area contributed by atoms with E-state index in [1.165, 1.54) is 69.5 Å². The van der Waals surface area contributed by atoms with Gasteiger partial charge in [-0.15, -0.1) is 11.3 Å². The number of benzene rings is 6. The molecule has 1 heterocycles. The Morgan fingerprint density at radius 1 is 0.486 bits per heavy atom. The summed E-state index contributed by atoms with van der Waals surface area (Å²) in [5.74, 6) is 0. The molecule has 0 aliphatic carbocycles. The molecule has 7 rings (SSSR count). The van der Waals surface area contributed by atoms with Gasteiger partial charge in [0.25, 0.3) is 0 Å². The van der Waals surface area contributed by atoms with Gasteiger partial charge in [-0.05, 0) is 66.9 Å². The lowest BCUT2D eigenvalue weighted by molar-refractivity contribution is 0.591. The van der Waals surface area contributed by atoms with E-state index in [1.54, 1.807) is 0 Å². The van der Waals surface area contributed by atoms with Gasteiger partial charge in [-0.1, -0.05) is 124 Å². The lowest BCUT2D eigenvalue weighted by atomic mass is 9.84. The van der Waals surface area contributed by atoms with E-state index in [1.807, 2.05) is 11.3 Å². The second kappa shape index (κ2) is 8.30. The van der Waals surface area contributed by atoms with Crippen LogP contribution in [0.5, 0.6) is 0 Å². The third-order valence-corrected chi connectivity index (χ3v) is 8.86. The van der Waals surface area contributed by atoms with Crippen LogP contribution in [0.4, 0.5) is 0 Å². The summed E-state index contributed by atoms with van der Waals surface area (Å²) in [6.07, 6.45) is 0. The van der Waals surface area contributed by atoms with Crippen LogP contribution in [0, 0.1) is 0 Å². The molecule has 178 valence electrons. The first-order valence-corrected chi connectivity index (χ1v) is 13.8. The molecule has 6 aromatic carbocycles. The highest BCUT2D eigenvalue weighted by molar-refractivity contribution is 7.26. The summed E-state index contributed by atoms with van der Waals surface area (Å²) in [5.41, 5.74) is 6.62. The first-order chi connectivity index (χ1) is 18.0. The van der Waals surface area contributed by atoms with Crippen LogP contribution in [0.15, 0.2) is 115 Å². The molecule has 0 bridgehead atoms. The summed E-state index contributed by atoms with van der Waals surface area (Å²) in [5, 5.41) is 7.94. The Morgan fingerprint density at radius 3 is 1.89 bits per heavy atom. The van der Waals surface area contributed by atoms with Crippen LogP contribution >= 0.6 is 11.3 Å². The summed E-state index contributed by atoms with van der Waals surface area (Å²) in [6.45, 7) is 6.85. The van der Waals surface area contributed by atoms with Crippen molar-refractivity contribution in [1.29, 1.82) is 0 Å². The minimum atomic E-state index is 0.126. The molecule has 0 fully saturated rings. The van der Waals surface area contributed by atoms with Crippen LogP contribution < -0.4 is 0 Å². The van der Waals surface area contributed by atoms with Crippen molar-refractivity contribution >= 4 is 53.1 Å². The fourth-order valence-corrected chi connectivity index (χ4v) is 6.85. The van der Waals surface area contributed by atoms with Gasteiger partial charge in [0.15, 0.2) is 0 Å².